The van der Waals surface area contributed by atoms with Crippen LogP contribution in [0.15, 0.2) is 48.5 Å². The standard InChI is InChI=1S/C24H28N2O7/c1-31-14-21(23(29)25-12-15(32-2)11-22(27)28)26-24(30)33-13-20-18-9-5-3-7-16(18)17-8-4-6-10-19(17)20/h3-10,15,20-21H,11-14H2,1-2H3,(H,25,29)(H,26,30)(H,27,28). The van der Waals surface area contributed by atoms with Crippen LogP contribution in [0.1, 0.15) is 23.5 Å². The molecule has 9 heteroatoms. The summed E-state index contributed by atoms with van der Waals surface area (Å²) in [5.41, 5.74) is 4.41. The highest BCUT2D eigenvalue weighted by Gasteiger charge is 2.30. The number of hydrogen-bond donors (Lipinski definition) is 3. The highest BCUT2D eigenvalue weighted by Crippen LogP contribution is 2.44. The summed E-state index contributed by atoms with van der Waals surface area (Å²) in [4.78, 5) is 35.8. The predicted molar refractivity (Wildman–Crippen MR) is 120 cm³/mol. The fourth-order valence-corrected chi connectivity index (χ4v) is 3.90. The summed E-state index contributed by atoms with van der Waals surface area (Å²) in [5.74, 6) is -1.67. The van der Waals surface area contributed by atoms with Crippen LogP contribution in [0.3, 0.4) is 0 Å². The number of rotatable bonds is 11. The van der Waals surface area contributed by atoms with E-state index in [1.807, 2.05) is 48.5 Å². The van der Waals surface area contributed by atoms with Gasteiger partial charge in [0.05, 0.1) is 19.1 Å². The maximum atomic E-state index is 12.5. The molecule has 33 heavy (non-hydrogen) atoms. The topological polar surface area (TPSA) is 123 Å². The largest absolute Gasteiger partial charge is 0.481 e. The van der Waals surface area contributed by atoms with Crippen LogP contribution in [0.25, 0.3) is 11.1 Å². The monoisotopic (exact) mass is 456 g/mol. The maximum Gasteiger partial charge on any atom is 0.407 e. The highest BCUT2D eigenvalue weighted by atomic mass is 16.5. The molecule has 9 nitrogen and oxygen atoms in total. The Balaban J connectivity index is 1.58. The van der Waals surface area contributed by atoms with E-state index in [1.165, 1.54) is 14.2 Å². The molecular weight excluding hydrogens is 428 g/mol. The van der Waals surface area contributed by atoms with Crippen LogP contribution in [0, 0.1) is 0 Å². The number of aliphatic carboxylic acids is 1. The number of carbonyl (C=O) groups is 3. The average Bonchev–Trinajstić information content (AvgIpc) is 3.13. The normalized spacial score (nSPS) is 14.0. The number of fused-ring (bicyclic) bond motifs is 3. The lowest BCUT2D eigenvalue weighted by Crippen LogP contribution is -2.51. The van der Waals surface area contributed by atoms with Crippen molar-refractivity contribution in [2.24, 2.45) is 0 Å². The SMILES string of the molecule is COCC(NC(=O)OCC1c2ccccc2-c2ccccc21)C(=O)NCC(CC(=O)O)OC. The zero-order valence-electron chi connectivity index (χ0n) is 18.6. The van der Waals surface area contributed by atoms with Crippen LogP contribution in [0.2, 0.25) is 0 Å². The summed E-state index contributed by atoms with van der Waals surface area (Å²) >= 11 is 0. The van der Waals surface area contributed by atoms with Gasteiger partial charge in [-0.2, -0.15) is 0 Å². The van der Waals surface area contributed by atoms with Crippen molar-refractivity contribution in [3.63, 3.8) is 0 Å². The van der Waals surface area contributed by atoms with Crippen molar-refractivity contribution < 1.29 is 33.7 Å². The first-order chi connectivity index (χ1) is 15.9. The first-order valence-electron chi connectivity index (χ1n) is 10.6. The molecule has 2 aromatic carbocycles. The Morgan fingerprint density at radius 3 is 2.15 bits per heavy atom. The van der Waals surface area contributed by atoms with Gasteiger partial charge in [-0.05, 0) is 22.3 Å². The Bertz CT molecular complexity index is 949. The minimum atomic E-state index is -1.04. The van der Waals surface area contributed by atoms with Crippen molar-refractivity contribution in [3.05, 3.63) is 59.7 Å². The highest BCUT2D eigenvalue weighted by molar-refractivity contribution is 5.86. The van der Waals surface area contributed by atoms with Crippen LogP contribution in [-0.4, -0.2) is 69.2 Å². The number of benzene rings is 2. The third-order valence-corrected chi connectivity index (χ3v) is 5.53. The minimum absolute atomic E-state index is 0.0196. The van der Waals surface area contributed by atoms with Crippen molar-refractivity contribution in [1.29, 1.82) is 0 Å². The van der Waals surface area contributed by atoms with E-state index in [2.05, 4.69) is 10.6 Å². The second kappa shape index (κ2) is 11.4. The molecule has 2 amide bonds. The number of carboxylic acids is 1. The van der Waals surface area contributed by atoms with E-state index in [-0.39, 0.29) is 32.1 Å². The zero-order valence-corrected chi connectivity index (χ0v) is 18.6. The van der Waals surface area contributed by atoms with Gasteiger partial charge in [0.15, 0.2) is 0 Å². The number of hydrogen-bond acceptors (Lipinski definition) is 6. The molecule has 3 rings (SSSR count). The number of alkyl carbamates (subject to hydrolysis) is 1. The summed E-state index contributed by atoms with van der Waals surface area (Å²) in [6.07, 6.45) is -1.70. The third kappa shape index (κ3) is 6.09. The van der Waals surface area contributed by atoms with Crippen LogP contribution >= 0.6 is 0 Å². The summed E-state index contributed by atoms with van der Waals surface area (Å²) in [6, 6.07) is 15.0. The summed E-state index contributed by atoms with van der Waals surface area (Å²) in [5, 5.41) is 14.0. The van der Waals surface area contributed by atoms with Crippen molar-refractivity contribution >= 4 is 18.0 Å². The lowest BCUT2D eigenvalue weighted by molar-refractivity contribution is -0.140. The number of methoxy groups -OCH3 is 2. The smallest absolute Gasteiger partial charge is 0.407 e. The molecule has 1 aliphatic carbocycles. The van der Waals surface area contributed by atoms with E-state index in [4.69, 9.17) is 19.3 Å². The molecule has 0 saturated carbocycles. The average molecular weight is 456 g/mol. The molecule has 3 N–H and O–H groups in total. The Morgan fingerprint density at radius 1 is 1.00 bits per heavy atom. The van der Waals surface area contributed by atoms with E-state index in [0.717, 1.165) is 22.3 Å². The van der Waals surface area contributed by atoms with E-state index < -0.39 is 30.1 Å². The zero-order chi connectivity index (χ0) is 23.8. The first kappa shape index (κ1) is 24.2. The molecule has 2 aromatic rings. The molecule has 0 spiro atoms. The van der Waals surface area contributed by atoms with Crippen molar-refractivity contribution in [3.8, 4) is 11.1 Å². The van der Waals surface area contributed by atoms with Crippen LogP contribution in [0.5, 0.6) is 0 Å². The number of carboxylic acid groups (broad SMARTS) is 1. The maximum absolute atomic E-state index is 12.5. The number of nitrogens with one attached hydrogen (secondary N) is 2. The molecule has 0 aromatic heterocycles. The lowest BCUT2D eigenvalue weighted by atomic mass is 9.98. The molecule has 176 valence electrons. The molecule has 0 bridgehead atoms. The molecule has 0 aliphatic heterocycles. The van der Waals surface area contributed by atoms with E-state index in [9.17, 15) is 14.4 Å². The number of amides is 2. The Kier molecular flexibility index (Phi) is 8.39. The fourth-order valence-electron chi connectivity index (χ4n) is 3.90. The van der Waals surface area contributed by atoms with Crippen molar-refractivity contribution in [1.82, 2.24) is 10.6 Å². The molecule has 0 saturated heterocycles. The summed E-state index contributed by atoms with van der Waals surface area (Å²) < 4.78 is 15.6. The van der Waals surface area contributed by atoms with Gasteiger partial charge in [0, 0.05) is 26.7 Å². The molecule has 2 unspecified atom stereocenters. The van der Waals surface area contributed by atoms with E-state index >= 15 is 0 Å². The Labute approximate surface area is 192 Å². The van der Waals surface area contributed by atoms with Gasteiger partial charge in [0.1, 0.15) is 12.6 Å². The number of carbonyl (C=O) groups excluding carboxylic acids is 2. The van der Waals surface area contributed by atoms with Crippen molar-refractivity contribution in [2.75, 3.05) is 34.0 Å². The van der Waals surface area contributed by atoms with Gasteiger partial charge in [0.25, 0.3) is 0 Å². The summed E-state index contributed by atoms with van der Waals surface area (Å²) in [7, 11) is 2.77. The second-order valence-electron chi connectivity index (χ2n) is 7.68. The molecule has 0 fully saturated rings. The van der Waals surface area contributed by atoms with Gasteiger partial charge in [-0.25, -0.2) is 4.79 Å². The van der Waals surface area contributed by atoms with Gasteiger partial charge < -0.3 is 30.0 Å². The Hall–Kier alpha value is -3.43. The molecule has 0 radical (unpaired) electrons. The van der Waals surface area contributed by atoms with Crippen molar-refractivity contribution in [2.45, 2.75) is 24.5 Å². The van der Waals surface area contributed by atoms with Gasteiger partial charge in [-0.3, -0.25) is 9.59 Å². The van der Waals surface area contributed by atoms with Gasteiger partial charge in [0.2, 0.25) is 5.91 Å². The van der Waals surface area contributed by atoms with Crippen LogP contribution in [-0.2, 0) is 23.8 Å². The minimum Gasteiger partial charge on any atom is -0.481 e. The van der Waals surface area contributed by atoms with Crippen LogP contribution in [0.4, 0.5) is 4.79 Å². The Morgan fingerprint density at radius 2 is 1.61 bits per heavy atom. The first-order valence-corrected chi connectivity index (χ1v) is 10.6. The lowest BCUT2D eigenvalue weighted by Gasteiger charge is -2.20. The van der Waals surface area contributed by atoms with Gasteiger partial charge >= 0.3 is 12.1 Å². The van der Waals surface area contributed by atoms with E-state index in [0.29, 0.717) is 0 Å². The third-order valence-electron chi connectivity index (χ3n) is 5.53. The number of ether oxygens (including phenoxy) is 3. The quantitative estimate of drug-likeness (QED) is 0.473. The van der Waals surface area contributed by atoms with Gasteiger partial charge in [-0.1, -0.05) is 48.5 Å². The molecule has 0 heterocycles. The summed E-state index contributed by atoms with van der Waals surface area (Å²) in [6.45, 7) is 0.0202. The molecule has 1 aliphatic rings. The van der Waals surface area contributed by atoms with E-state index in [1.54, 1.807) is 0 Å². The second-order valence-corrected chi connectivity index (χ2v) is 7.68. The molecular formula is C24H28N2O7. The van der Waals surface area contributed by atoms with Crippen LogP contribution < -0.4 is 10.6 Å². The molecule has 2 atom stereocenters. The predicted octanol–water partition coefficient (Wildman–Crippen LogP) is 2.15. The van der Waals surface area contributed by atoms with Gasteiger partial charge in [-0.15, -0.1) is 0 Å². The fraction of sp³-hybridized carbons (Fsp3) is 0.375.